The molecule has 2 nitrogen and oxygen atoms in total. The van der Waals surface area contributed by atoms with Crippen LogP contribution in [0.2, 0.25) is 5.02 Å². The van der Waals surface area contributed by atoms with Crippen molar-refractivity contribution in [3.8, 4) is 0 Å². The molecule has 0 heterocycles. The quantitative estimate of drug-likeness (QED) is 0.906. The number of carbonyl (C=O) groups excluding carboxylic acids is 1. The molecule has 3 heteroatoms. The standard InChI is InChI=1S/C16H16ClNO/c1-12-6-2-3-7-13(12)10-11-18-16(19)14-8-4-5-9-15(14)17/h2-9H,10-11H2,1H3,(H,18,19). The molecule has 0 fully saturated rings. The monoisotopic (exact) mass is 273 g/mol. The van der Waals surface area contributed by atoms with Gasteiger partial charge in [-0.05, 0) is 36.6 Å². The van der Waals surface area contributed by atoms with Gasteiger partial charge in [-0.1, -0.05) is 48.0 Å². The zero-order valence-electron chi connectivity index (χ0n) is 10.8. The van der Waals surface area contributed by atoms with Crippen LogP contribution < -0.4 is 5.32 Å². The molecule has 0 aliphatic heterocycles. The molecule has 0 aliphatic rings. The van der Waals surface area contributed by atoms with Crippen LogP contribution in [0.5, 0.6) is 0 Å². The third-order valence-electron chi connectivity index (χ3n) is 3.06. The average Bonchev–Trinajstić information content (AvgIpc) is 2.41. The second-order valence-electron chi connectivity index (χ2n) is 4.41. The highest BCUT2D eigenvalue weighted by atomic mass is 35.5. The van der Waals surface area contributed by atoms with E-state index >= 15 is 0 Å². The topological polar surface area (TPSA) is 29.1 Å². The maximum absolute atomic E-state index is 11.9. The highest BCUT2D eigenvalue weighted by Crippen LogP contribution is 2.14. The molecule has 2 aromatic carbocycles. The van der Waals surface area contributed by atoms with Crippen molar-refractivity contribution < 1.29 is 4.79 Å². The van der Waals surface area contributed by atoms with Crippen LogP contribution in [-0.4, -0.2) is 12.5 Å². The zero-order chi connectivity index (χ0) is 13.7. The molecule has 0 unspecified atom stereocenters. The number of nitrogens with one attached hydrogen (secondary N) is 1. The number of amides is 1. The van der Waals surface area contributed by atoms with Crippen LogP contribution >= 0.6 is 11.6 Å². The lowest BCUT2D eigenvalue weighted by Crippen LogP contribution is -2.26. The van der Waals surface area contributed by atoms with E-state index in [1.165, 1.54) is 11.1 Å². The molecule has 0 aromatic heterocycles. The number of rotatable bonds is 4. The summed E-state index contributed by atoms with van der Waals surface area (Å²) in [6.07, 6.45) is 0.822. The predicted octanol–water partition coefficient (Wildman–Crippen LogP) is 3.62. The van der Waals surface area contributed by atoms with Crippen LogP contribution in [0.4, 0.5) is 0 Å². The van der Waals surface area contributed by atoms with E-state index in [0.29, 0.717) is 17.1 Å². The first kappa shape index (κ1) is 13.6. The number of hydrogen-bond acceptors (Lipinski definition) is 1. The summed E-state index contributed by atoms with van der Waals surface area (Å²) < 4.78 is 0. The second-order valence-corrected chi connectivity index (χ2v) is 4.82. The molecule has 1 N–H and O–H groups in total. The molecule has 98 valence electrons. The minimum Gasteiger partial charge on any atom is -0.352 e. The number of hydrogen-bond donors (Lipinski definition) is 1. The molecule has 0 atom stereocenters. The fourth-order valence-corrected chi connectivity index (χ4v) is 2.16. The predicted molar refractivity (Wildman–Crippen MR) is 78.7 cm³/mol. The Hall–Kier alpha value is -1.80. The van der Waals surface area contributed by atoms with E-state index in [-0.39, 0.29) is 5.91 Å². The molecule has 0 saturated carbocycles. The Labute approximate surface area is 118 Å². The SMILES string of the molecule is Cc1ccccc1CCNC(=O)c1ccccc1Cl. The molecular weight excluding hydrogens is 258 g/mol. The van der Waals surface area contributed by atoms with Crippen molar-refractivity contribution in [3.63, 3.8) is 0 Å². The first-order valence-electron chi connectivity index (χ1n) is 6.25. The van der Waals surface area contributed by atoms with E-state index in [9.17, 15) is 4.79 Å². The zero-order valence-corrected chi connectivity index (χ0v) is 11.6. The first-order chi connectivity index (χ1) is 9.18. The summed E-state index contributed by atoms with van der Waals surface area (Å²) in [7, 11) is 0. The van der Waals surface area contributed by atoms with E-state index in [1.807, 2.05) is 24.3 Å². The Morgan fingerprint density at radius 3 is 2.53 bits per heavy atom. The van der Waals surface area contributed by atoms with Gasteiger partial charge in [0.2, 0.25) is 0 Å². The molecule has 0 spiro atoms. The molecule has 2 aromatic rings. The minimum absolute atomic E-state index is 0.126. The van der Waals surface area contributed by atoms with Gasteiger partial charge in [0, 0.05) is 6.54 Å². The van der Waals surface area contributed by atoms with E-state index in [1.54, 1.807) is 12.1 Å². The molecule has 19 heavy (non-hydrogen) atoms. The van der Waals surface area contributed by atoms with Gasteiger partial charge in [-0.2, -0.15) is 0 Å². The van der Waals surface area contributed by atoms with Gasteiger partial charge < -0.3 is 5.32 Å². The van der Waals surface area contributed by atoms with E-state index < -0.39 is 0 Å². The number of carbonyl (C=O) groups is 1. The fraction of sp³-hybridized carbons (Fsp3) is 0.188. The highest BCUT2D eigenvalue weighted by molar-refractivity contribution is 6.33. The molecule has 0 aliphatic carbocycles. The van der Waals surface area contributed by atoms with Crippen molar-refractivity contribution in [1.29, 1.82) is 0 Å². The lowest BCUT2D eigenvalue weighted by Gasteiger charge is -2.08. The summed E-state index contributed by atoms with van der Waals surface area (Å²) >= 11 is 5.98. The van der Waals surface area contributed by atoms with E-state index in [2.05, 4.69) is 24.4 Å². The van der Waals surface area contributed by atoms with Crippen LogP contribution in [-0.2, 0) is 6.42 Å². The maximum Gasteiger partial charge on any atom is 0.252 e. The lowest BCUT2D eigenvalue weighted by atomic mass is 10.1. The maximum atomic E-state index is 11.9. The van der Waals surface area contributed by atoms with Gasteiger partial charge in [0.15, 0.2) is 0 Å². The molecule has 2 rings (SSSR count). The Kier molecular flexibility index (Phi) is 4.58. The average molecular weight is 274 g/mol. The van der Waals surface area contributed by atoms with Crippen LogP contribution in [0, 0.1) is 6.92 Å². The first-order valence-corrected chi connectivity index (χ1v) is 6.63. The van der Waals surface area contributed by atoms with Gasteiger partial charge in [0.05, 0.1) is 10.6 Å². The van der Waals surface area contributed by atoms with Crippen LogP contribution in [0.3, 0.4) is 0 Å². The number of halogens is 1. The Balaban J connectivity index is 1.92. The van der Waals surface area contributed by atoms with Gasteiger partial charge in [-0.25, -0.2) is 0 Å². The van der Waals surface area contributed by atoms with E-state index in [4.69, 9.17) is 11.6 Å². The van der Waals surface area contributed by atoms with Gasteiger partial charge in [0.1, 0.15) is 0 Å². The summed E-state index contributed by atoms with van der Waals surface area (Å²) in [6, 6.07) is 15.2. The summed E-state index contributed by atoms with van der Waals surface area (Å²) in [5, 5.41) is 3.37. The smallest absolute Gasteiger partial charge is 0.252 e. The molecule has 0 radical (unpaired) electrons. The summed E-state index contributed by atoms with van der Waals surface area (Å²) in [5.41, 5.74) is 3.02. The molecule has 0 bridgehead atoms. The third-order valence-corrected chi connectivity index (χ3v) is 3.39. The highest BCUT2D eigenvalue weighted by Gasteiger charge is 2.08. The van der Waals surface area contributed by atoms with Crippen LogP contribution in [0.1, 0.15) is 21.5 Å². The largest absolute Gasteiger partial charge is 0.352 e. The molecular formula is C16H16ClNO. The van der Waals surface area contributed by atoms with E-state index in [0.717, 1.165) is 6.42 Å². The Bertz CT molecular complexity index is 580. The molecule has 0 saturated heterocycles. The van der Waals surface area contributed by atoms with Crippen molar-refractivity contribution >= 4 is 17.5 Å². The van der Waals surface area contributed by atoms with Crippen molar-refractivity contribution in [2.75, 3.05) is 6.54 Å². The van der Waals surface area contributed by atoms with Crippen LogP contribution in [0.15, 0.2) is 48.5 Å². The third kappa shape index (κ3) is 3.58. The van der Waals surface area contributed by atoms with Gasteiger partial charge in [0.25, 0.3) is 5.91 Å². The fourth-order valence-electron chi connectivity index (χ4n) is 1.94. The Morgan fingerprint density at radius 2 is 1.79 bits per heavy atom. The lowest BCUT2D eigenvalue weighted by molar-refractivity contribution is 0.0954. The Morgan fingerprint density at radius 1 is 1.11 bits per heavy atom. The van der Waals surface area contributed by atoms with Crippen molar-refractivity contribution in [2.45, 2.75) is 13.3 Å². The van der Waals surface area contributed by atoms with Gasteiger partial charge in [-0.3, -0.25) is 4.79 Å². The van der Waals surface area contributed by atoms with Crippen molar-refractivity contribution in [1.82, 2.24) is 5.32 Å². The summed E-state index contributed by atoms with van der Waals surface area (Å²) in [6.45, 7) is 2.68. The van der Waals surface area contributed by atoms with Crippen molar-refractivity contribution in [2.24, 2.45) is 0 Å². The minimum atomic E-state index is -0.126. The summed E-state index contributed by atoms with van der Waals surface area (Å²) in [4.78, 5) is 11.9. The second kappa shape index (κ2) is 6.39. The van der Waals surface area contributed by atoms with Gasteiger partial charge >= 0.3 is 0 Å². The van der Waals surface area contributed by atoms with Crippen molar-refractivity contribution in [3.05, 3.63) is 70.2 Å². The molecule has 1 amide bonds. The number of benzene rings is 2. The van der Waals surface area contributed by atoms with Crippen LogP contribution in [0.25, 0.3) is 0 Å². The van der Waals surface area contributed by atoms with Gasteiger partial charge in [-0.15, -0.1) is 0 Å². The summed E-state index contributed by atoms with van der Waals surface area (Å²) in [5.74, 6) is -0.126. The number of aryl methyl sites for hydroxylation is 1. The normalized spacial score (nSPS) is 10.2.